The van der Waals surface area contributed by atoms with E-state index < -0.39 is 10.1 Å². The van der Waals surface area contributed by atoms with E-state index in [0.29, 0.717) is 41.8 Å². The molecule has 0 N–H and O–H groups in total. The number of nitrogens with zero attached hydrogens (tertiary/aromatic N) is 3. The summed E-state index contributed by atoms with van der Waals surface area (Å²) in [5, 5.41) is 0.583. The summed E-state index contributed by atoms with van der Waals surface area (Å²) in [4.78, 5) is 32.3. The highest BCUT2D eigenvalue weighted by molar-refractivity contribution is 8.18. The number of rotatable bonds is 4. The maximum Gasteiger partial charge on any atom is 0.339 e. The highest BCUT2D eigenvalue weighted by Gasteiger charge is 2.29. The van der Waals surface area contributed by atoms with Crippen LogP contribution < -0.4 is 4.18 Å². The molecule has 0 atom stereocenters. The lowest BCUT2D eigenvalue weighted by atomic mass is 10.2. The smallest absolute Gasteiger partial charge is 0.339 e. The Hall–Kier alpha value is -3.11. The third-order valence-corrected chi connectivity index (χ3v) is 7.33. The first-order valence-corrected chi connectivity index (χ1v) is 12.2. The van der Waals surface area contributed by atoms with Gasteiger partial charge >= 0.3 is 10.1 Å². The summed E-state index contributed by atoms with van der Waals surface area (Å²) in [5.41, 5.74) is 0.459. The van der Waals surface area contributed by atoms with Gasteiger partial charge in [0.15, 0.2) is 5.17 Å². The molecular formula is C22H21N3O5S2. The minimum Gasteiger partial charge on any atom is -0.378 e. The zero-order chi connectivity index (χ0) is 22.7. The topological polar surface area (TPSA) is 96.3 Å². The highest BCUT2D eigenvalue weighted by atomic mass is 32.2. The number of hydrogen-bond acceptors (Lipinski definition) is 7. The van der Waals surface area contributed by atoms with Crippen LogP contribution in [0.2, 0.25) is 0 Å². The summed E-state index contributed by atoms with van der Waals surface area (Å²) in [7, 11) is -4.01. The standard InChI is InChI=1S/C22H21N3O5S2/c1-16(26)24-11-13-25(14-12-24)22-23-21(27)20(31-22)15-17-7-5-6-10-19(17)30-32(28,29)18-8-3-2-4-9-18/h2-10,15H,11-14H2,1H3. The number of amidine groups is 1. The van der Waals surface area contributed by atoms with Gasteiger partial charge in [0.2, 0.25) is 5.91 Å². The number of amides is 2. The monoisotopic (exact) mass is 471 g/mol. The second kappa shape index (κ2) is 9.17. The average Bonchev–Trinajstić information content (AvgIpc) is 3.16. The molecule has 1 saturated heterocycles. The summed E-state index contributed by atoms with van der Waals surface area (Å²) in [6, 6.07) is 14.5. The largest absolute Gasteiger partial charge is 0.378 e. The van der Waals surface area contributed by atoms with Gasteiger partial charge in [0.25, 0.3) is 5.91 Å². The molecule has 2 amide bonds. The summed E-state index contributed by atoms with van der Waals surface area (Å²) in [6.07, 6.45) is 1.59. The van der Waals surface area contributed by atoms with Crippen molar-refractivity contribution >= 4 is 44.9 Å². The first-order chi connectivity index (χ1) is 15.3. The van der Waals surface area contributed by atoms with Crippen LogP contribution in [0.15, 0.2) is 69.4 Å². The average molecular weight is 472 g/mol. The summed E-state index contributed by atoms with van der Waals surface area (Å²) >= 11 is 1.23. The van der Waals surface area contributed by atoms with Gasteiger partial charge < -0.3 is 14.0 Å². The van der Waals surface area contributed by atoms with Crippen LogP contribution in [0.1, 0.15) is 12.5 Å². The van der Waals surface area contributed by atoms with Crippen LogP contribution >= 0.6 is 11.8 Å². The van der Waals surface area contributed by atoms with Crippen LogP contribution in [0, 0.1) is 0 Å². The van der Waals surface area contributed by atoms with E-state index in [2.05, 4.69) is 4.99 Å². The molecule has 0 radical (unpaired) electrons. The van der Waals surface area contributed by atoms with Crippen LogP contribution in [-0.4, -0.2) is 61.4 Å². The molecule has 0 saturated carbocycles. The Morgan fingerprint density at radius 2 is 1.69 bits per heavy atom. The molecule has 2 aliphatic heterocycles. The summed E-state index contributed by atoms with van der Waals surface area (Å²) in [6.45, 7) is 3.90. The Balaban J connectivity index is 1.51. The number of carbonyl (C=O) groups is 2. The molecular weight excluding hydrogens is 450 g/mol. The number of benzene rings is 2. The Bertz CT molecular complexity index is 1200. The number of carbonyl (C=O) groups excluding carboxylic acids is 2. The molecule has 0 spiro atoms. The summed E-state index contributed by atoms with van der Waals surface area (Å²) < 4.78 is 30.6. The van der Waals surface area contributed by atoms with E-state index in [1.807, 2.05) is 4.90 Å². The molecule has 0 aromatic heterocycles. The third kappa shape index (κ3) is 4.86. The number of thioether (sulfide) groups is 1. The lowest BCUT2D eigenvalue weighted by Crippen LogP contribution is -2.49. The van der Waals surface area contributed by atoms with Crippen molar-refractivity contribution < 1.29 is 22.2 Å². The Labute approximate surface area is 190 Å². The Morgan fingerprint density at radius 3 is 2.38 bits per heavy atom. The number of piperazine rings is 1. The fraction of sp³-hybridized carbons (Fsp3) is 0.227. The van der Waals surface area contributed by atoms with Crippen molar-refractivity contribution in [3.8, 4) is 5.75 Å². The van der Waals surface area contributed by atoms with E-state index >= 15 is 0 Å². The van der Waals surface area contributed by atoms with Gasteiger partial charge in [-0.3, -0.25) is 9.59 Å². The van der Waals surface area contributed by atoms with Crippen molar-refractivity contribution in [1.82, 2.24) is 9.80 Å². The SMILES string of the molecule is CC(=O)N1CCN(C2=NC(=O)C(=Cc3ccccc3OS(=O)(=O)c3ccccc3)S2)CC1. The van der Waals surface area contributed by atoms with Crippen molar-refractivity contribution in [2.24, 2.45) is 4.99 Å². The first kappa shape index (κ1) is 22.1. The number of para-hydroxylation sites is 1. The van der Waals surface area contributed by atoms with Crippen LogP contribution in [0.4, 0.5) is 0 Å². The lowest BCUT2D eigenvalue weighted by Gasteiger charge is -2.34. The molecule has 4 rings (SSSR count). The van der Waals surface area contributed by atoms with Gasteiger partial charge in [-0.1, -0.05) is 36.4 Å². The van der Waals surface area contributed by atoms with Crippen LogP contribution in [0.3, 0.4) is 0 Å². The van der Waals surface area contributed by atoms with Crippen LogP contribution in [0.25, 0.3) is 6.08 Å². The van der Waals surface area contributed by atoms with Gasteiger partial charge in [-0.15, -0.1) is 0 Å². The third-order valence-electron chi connectivity index (χ3n) is 5.04. The van der Waals surface area contributed by atoms with Crippen molar-refractivity contribution in [1.29, 1.82) is 0 Å². The van der Waals surface area contributed by atoms with E-state index in [1.165, 1.54) is 23.9 Å². The molecule has 166 valence electrons. The number of aliphatic imine (C=N–C) groups is 1. The van der Waals surface area contributed by atoms with E-state index in [0.717, 1.165) is 0 Å². The maximum absolute atomic E-state index is 12.6. The normalized spacial score (nSPS) is 18.1. The van der Waals surface area contributed by atoms with E-state index in [4.69, 9.17) is 4.18 Å². The fourth-order valence-electron chi connectivity index (χ4n) is 3.32. The lowest BCUT2D eigenvalue weighted by molar-refractivity contribution is -0.130. The van der Waals surface area contributed by atoms with Crippen molar-refractivity contribution in [2.75, 3.05) is 26.2 Å². The molecule has 0 aliphatic carbocycles. The quantitative estimate of drug-likeness (QED) is 0.499. The zero-order valence-corrected chi connectivity index (χ0v) is 18.9. The van der Waals surface area contributed by atoms with Gasteiger partial charge in [-0.2, -0.15) is 13.4 Å². The van der Waals surface area contributed by atoms with Gasteiger partial charge in [0.1, 0.15) is 10.6 Å². The number of hydrogen-bond donors (Lipinski definition) is 0. The van der Waals surface area contributed by atoms with Crippen molar-refractivity contribution in [3.63, 3.8) is 0 Å². The van der Waals surface area contributed by atoms with Gasteiger partial charge in [0.05, 0.1) is 4.91 Å². The van der Waals surface area contributed by atoms with E-state index in [9.17, 15) is 18.0 Å². The molecule has 2 aliphatic rings. The van der Waals surface area contributed by atoms with E-state index in [1.54, 1.807) is 60.4 Å². The van der Waals surface area contributed by atoms with Crippen LogP contribution in [-0.2, 0) is 19.7 Å². The van der Waals surface area contributed by atoms with Crippen LogP contribution in [0.5, 0.6) is 5.75 Å². The molecule has 32 heavy (non-hydrogen) atoms. The van der Waals surface area contributed by atoms with Gasteiger partial charge in [-0.25, -0.2) is 0 Å². The van der Waals surface area contributed by atoms with Gasteiger partial charge in [0, 0.05) is 38.7 Å². The molecule has 2 aromatic rings. The second-order valence-electron chi connectivity index (χ2n) is 7.19. The minimum absolute atomic E-state index is 0.0318. The molecule has 1 fully saturated rings. The van der Waals surface area contributed by atoms with Crippen molar-refractivity contribution in [3.05, 3.63) is 65.1 Å². The molecule has 8 nitrogen and oxygen atoms in total. The highest BCUT2D eigenvalue weighted by Crippen LogP contribution is 2.33. The molecule has 0 unspecified atom stereocenters. The minimum atomic E-state index is -4.01. The first-order valence-electron chi connectivity index (χ1n) is 9.95. The molecule has 2 aromatic carbocycles. The molecule has 10 heteroatoms. The Morgan fingerprint density at radius 1 is 1.03 bits per heavy atom. The summed E-state index contributed by atoms with van der Waals surface area (Å²) in [5.74, 6) is -0.232. The van der Waals surface area contributed by atoms with Crippen molar-refractivity contribution in [2.45, 2.75) is 11.8 Å². The predicted octanol–water partition coefficient (Wildman–Crippen LogP) is 2.59. The predicted molar refractivity (Wildman–Crippen MR) is 123 cm³/mol. The van der Waals surface area contributed by atoms with Gasteiger partial charge in [-0.05, 0) is 36.0 Å². The molecule has 2 heterocycles. The van der Waals surface area contributed by atoms with E-state index in [-0.39, 0.29) is 22.5 Å². The maximum atomic E-state index is 12.6. The zero-order valence-electron chi connectivity index (χ0n) is 17.3. The fourth-order valence-corrected chi connectivity index (χ4v) is 5.25. The second-order valence-corrected chi connectivity index (χ2v) is 9.75. The Kier molecular flexibility index (Phi) is 6.33. The molecule has 0 bridgehead atoms.